The van der Waals surface area contributed by atoms with Crippen molar-refractivity contribution in [3.05, 3.63) is 48.5 Å². The first-order valence-corrected chi connectivity index (χ1v) is 7.04. The molecule has 0 bridgehead atoms. The van der Waals surface area contributed by atoms with Crippen LogP contribution in [0.2, 0.25) is 0 Å². The van der Waals surface area contributed by atoms with Gasteiger partial charge in [-0.05, 0) is 12.1 Å². The van der Waals surface area contributed by atoms with E-state index >= 15 is 0 Å². The van der Waals surface area contributed by atoms with Gasteiger partial charge in [-0.2, -0.15) is 0 Å². The zero-order valence-corrected chi connectivity index (χ0v) is 11.2. The van der Waals surface area contributed by atoms with Gasteiger partial charge < -0.3 is 9.64 Å². The number of ether oxygens (including phenoxy) is 1. The van der Waals surface area contributed by atoms with E-state index in [-0.39, 0.29) is 0 Å². The molecular formula is C17H16N2O. The Morgan fingerprint density at radius 1 is 0.800 bits per heavy atom. The van der Waals surface area contributed by atoms with Gasteiger partial charge in [-0.25, -0.2) is 4.98 Å². The third-order valence-corrected chi connectivity index (χ3v) is 3.89. The van der Waals surface area contributed by atoms with Gasteiger partial charge in [0.1, 0.15) is 0 Å². The highest BCUT2D eigenvalue weighted by Gasteiger charge is 2.17. The Bertz CT molecular complexity index is 709. The predicted octanol–water partition coefficient (Wildman–Crippen LogP) is 3.22. The van der Waals surface area contributed by atoms with E-state index < -0.39 is 0 Å². The van der Waals surface area contributed by atoms with Crippen LogP contribution in [-0.2, 0) is 4.74 Å². The molecule has 1 saturated heterocycles. The smallest absolute Gasteiger partial charge is 0.0730 e. The molecular weight excluding hydrogens is 248 g/mol. The molecule has 20 heavy (non-hydrogen) atoms. The first-order valence-electron chi connectivity index (χ1n) is 7.04. The number of hydrogen-bond acceptors (Lipinski definition) is 3. The van der Waals surface area contributed by atoms with Crippen molar-refractivity contribution in [2.45, 2.75) is 0 Å². The average Bonchev–Trinajstić information content (AvgIpc) is 2.53. The number of fused-ring (bicyclic) bond motifs is 2. The summed E-state index contributed by atoms with van der Waals surface area (Å²) < 4.78 is 5.49. The molecule has 0 atom stereocenters. The molecule has 0 radical (unpaired) electrons. The molecule has 0 aliphatic carbocycles. The number of aromatic nitrogens is 1. The molecule has 3 nitrogen and oxygen atoms in total. The SMILES string of the molecule is c1ccc2c(N3CCOCC3)c3ccccc3nc2c1. The van der Waals surface area contributed by atoms with Crippen molar-refractivity contribution >= 4 is 27.5 Å². The third kappa shape index (κ3) is 1.82. The van der Waals surface area contributed by atoms with Gasteiger partial charge in [0.25, 0.3) is 0 Å². The van der Waals surface area contributed by atoms with Crippen LogP contribution in [-0.4, -0.2) is 31.3 Å². The maximum atomic E-state index is 5.49. The normalized spacial score (nSPS) is 15.9. The molecule has 2 heterocycles. The maximum Gasteiger partial charge on any atom is 0.0730 e. The lowest BCUT2D eigenvalue weighted by atomic mass is 10.1. The van der Waals surface area contributed by atoms with Gasteiger partial charge in [0.15, 0.2) is 0 Å². The van der Waals surface area contributed by atoms with Crippen molar-refractivity contribution < 1.29 is 4.74 Å². The van der Waals surface area contributed by atoms with Crippen molar-refractivity contribution in [2.75, 3.05) is 31.2 Å². The Morgan fingerprint density at radius 2 is 1.35 bits per heavy atom. The number of morpholine rings is 1. The second-order valence-corrected chi connectivity index (χ2v) is 5.09. The summed E-state index contributed by atoms with van der Waals surface area (Å²) in [5, 5.41) is 2.46. The number of rotatable bonds is 1. The molecule has 0 unspecified atom stereocenters. The highest BCUT2D eigenvalue weighted by atomic mass is 16.5. The van der Waals surface area contributed by atoms with E-state index in [1.54, 1.807) is 0 Å². The molecule has 4 rings (SSSR count). The maximum absolute atomic E-state index is 5.49. The average molecular weight is 264 g/mol. The van der Waals surface area contributed by atoms with Crippen LogP contribution in [0.3, 0.4) is 0 Å². The highest BCUT2D eigenvalue weighted by molar-refractivity contribution is 6.07. The van der Waals surface area contributed by atoms with Crippen LogP contribution < -0.4 is 4.90 Å². The standard InChI is InChI=1S/C17H16N2O/c1-3-7-15-13(5-1)17(19-9-11-20-12-10-19)14-6-2-4-8-16(14)18-15/h1-8H,9-12H2. The van der Waals surface area contributed by atoms with Gasteiger partial charge in [0.2, 0.25) is 0 Å². The fraction of sp³-hybridized carbons (Fsp3) is 0.235. The van der Waals surface area contributed by atoms with E-state index in [2.05, 4.69) is 41.3 Å². The van der Waals surface area contributed by atoms with Crippen LogP contribution in [0.5, 0.6) is 0 Å². The van der Waals surface area contributed by atoms with Crippen LogP contribution in [0.1, 0.15) is 0 Å². The summed E-state index contributed by atoms with van der Waals surface area (Å²) in [7, 11) is 0. The molecule has 1 aromatic heterocycles. The van der Waals surface area contributed by atoms with Crippen LogP contribution >= 0.6 is 0 Å². The van der Waals surface area contributed by atoms with E-state index in [4.69, 9.17) is 9.72 Å². The Morgan fingerprint density at radius 3 is 1.95 bits per heavy atom. The molecule has 0 saturated carbocycles. The van der Waals surface area contributed by atoms with Crippen molar-refractivity contribution in [1.82, 2.24) is 4.98 Å². The van der Waals surface area contributed by atoms with Gasteiger partial charge in [0, 0.05) is 23.9 Å². The number of hydrogen-bond donors (Lipinski definition) is 0. The number of nitrogens with zero attached hydrogens (tertiary/aromatic N) is 2. The summed E-state index contributed by atoms with van der Waals surface area (Å²) in [4.78, 5) is 7.20. The summed E-state index contributed by atoms with van der Waals surface area (Å²) >= 11 is 0. The largest absolute Gasteiger partial charge is 0.378 e. The van der Waals surface area contributed by atoms with Gasteiger partial charge in [-0.15, -0.1) is 0 Å². The summed E-state index contributed by atoms with van der Waals surface area (Å²) in [6, 6.07) is 16.8. The summed E-state index contributed by atoms with van der Waals surface area (Å²) in [6.07, 6.45) is 0. The lowest BCUT2D eigenvalue weighted by Crippen LogP contribution is -2.36. The Balaban J connectivity index is 2.06. The number of pyridine rings is 1. The number of para-hydroxylation sites is 2. The number of benzene rings is 2. The Kier molecular flexibility index (Phi) is 2.78. The fourth-order valence-electron chi connectivity index (χ4n) is 2.95. The quantitative estimate of drug-likeness (QED) is 0.631. The topological polar surface area (TPSA) is 25.4 Å². The molecule has 1 aliphatic heterocycles. The molecule has 2 aromatic carbocycles. The lowest BCUT2D eigenvalue weighted by Gasteiger charge is -2.30. The van der Waals surface area contributed by atoms with E-state index in [0.717, 1.165) is 37.3 Å². The van der Waals surface area contributed by atoms with Crippen molar-refractivity contribution in [2.24, 2.45) is 0 Å². The minimum absolute atomic E-state index is 0.797. The molecule has 3 aromatic rings. The van der Waals surface area contributed by atoms with Gasteiger partial charge >= 0.3 is 0 Å². The van der Waals surface area contributed by atoms with Crippen molar-refractivity contribution in [3.8, 4) is 0 Å². The van der Waals surface area contributed by atoms with Crippen LogP contribution in [0, 0.1) is 0 Å². The van der Waals surface area contributed by atoms with Crippen molar-refractivity contribution in [1.29, 1.82) is 0 Å². The molecule has 0 N–H and O–H groups in total. The van der Waals surface area contributed by atoms with E-state index in [1.165, 1.54) is 16.5 Å². The second-order valence-electron chi connectivity index (χ2n) is 5.09. The second kappa shape index (κ2) is 4.76. The summed E-state index contributed by atoms with van der Waals surface area (Å²) in [5.41, 5.74) is 3.43. The van der Waals surface area contributed by atoms with E-state index in [1.807, 2.05) is 12.1 Å². The lowest BCUT2D eigenvalue weighted by molar-refractivity contribution is 0.123. The van der Waals surface area contributed by atoms with Gasteiger partial charge in [-0.3, -0.25) is 0 Å². The molecule has 100 valence electrons. The van der Waals surface area contributed by atoms with E-state index in [0.29, 0.717) is 0 Å². The Labute approximate surface area is 117 Å². The van der Waals surface area contributed by atoms with Gasteiger partial charge in [-0.1, -0.05) is 36.4 Å². The van der Waals surface area contributed by atoms with Crippen LogP contribution in [0.25, 0.3) is 21.8 Å². The predicted molar refractivity (Wildman–Crippen MR) is 82.3 cm³/mol. The molecule has 0 spiro atoms. The fourth-order valence-corrected chi connectivity index (χ4v) is 2.95. The van der Waals surface area contributed by atoms with Gasteiger partial charge in [0.05, 0.1) is 29.9 Å². The number of anilines is 1. The van der Waals surface area contributed by atoms with Crippen LogP contribution in [0.15, 0.2) is 48.5 Å². The summed E-state index contributed by atoms with van der Waals surface area (Å²) in [6.45, 7) is 3.48. The first-order chi connectivity index (χ1) is 9.93. The molecule has 1 fully saturated rings. The first kappa shape index (κ1) is 11.7. The zero-order chi connectivity index (χ0) is 13.4. The monoisotopic (exact) mass is 264 g/mol. The molecule has 3 heteroatoms. The van der Waals surface area contributed by atoms with Crippen molar-refractivity contribution in [3.63, 3.8) is 0 Å². The summed E-state index contributed by atoms with van der Waals surface area (Å²) in [5.74, 6) is 0. The van der Waals surface area contributed by atoms with E-state index in [9.17, 15) is 0 Å². The highest BCUT2D eigenvalue weighted by Crippen LogP contribution is 2.33. The Hall–Kier alpha value is -2.13. The third-order valence-electron chi connectivity index (χ3n) is 3.89. The zero-order valence-electron chi connectivity index (χ0n) is 11.2. The molecule has 1 aliphatic rings. The molecule has 0 amide bonds. The minimum atomic E-state index is 0.797. The van der Waals surface area contributed by atoms with Crippen LogP contribution in [0.4, 0.5) is 5.69 Å². The minimum Gasteiger partial charge on any atom is -0.378 e.